The van der Waals surface area contributed by atoms with Crippen LogP contribution < -0.4 is 5.32 Å². The molecule has 7 nitrogen and oxygen atoms in total. The van der Waals surface area contributed by atoms with Crippen molar-refractivity contribution in [1.29, 1.82) is 0 Å². The van der Waals surface area contributed by atoms with E-state index < -0.39 is 10.0 Å². The minimum Gasteiger partial charge on any atom is -0.464 e. The lowest BCUT2D eigenvalue weighted by Gasteiger charge is -2.25. The van der Waals surface area contributed by atoms with Crippen molar-refractivity contribution in [2.75, 3.05) is 26.3 Å². The Labute approximate surface area is 173 Å². The van der Waals surface area contributed by atoms with Crippen molar-refractivity contribution in [3.63, 3.8) is 0 Å². The first-order valence-electron chi connectivity index (χ1n) is 9.33. The number of rotatable bonds is 6. The van der Waals surface area contributed by atoms with Crippen molar-refractivity contribution in [2.45, 2.75) is 24.1 Å². The van der Waals surface area contributed by atoms with E-state index >= 15 is 0 Å². The van der Waals surface area contributed by atoms with Crippen LogP contribution in [0.15, 0.2) is 45.2 Å². The Morgan fingerprint density at radius 1 is 1.21 bits per heavy atom. The van der Waals surface area contributed by atoms with E-state index in [0.29, 0.717) is 30.5 Å². The summed E-state index contributed by atoms with van der Waals surface area (Å²) in [4.78, 5) is 13.1. The molecule has 0 aliphatic carbocycles. The molecule has 0 unspecified atom stereocenters. The van der Waals surface area contributed by atoms with E-state index in [1.54, 1.807) is 18.4 Å². The number of hydrogen-bond donors (Lipinski definition) is 1. The van der Waals surface area contributed by atoms with Crippen LogP contribution in [0.3, 0.4) is 0 Å². The van der Waals surface area contributed by atoms with Crippen LogP contribution in [0.25, 0.3) is 11.0 Å². The topological polar surface area (TPSA) is 88.9 Å². The number of fused-ring (bicyclic) bond motifs is 1. The molecular weight excluding hydrogens is 412 g/mol. The first-order chi connectivity index (χ1) is 13.9. The highest BCUT2D eigenvalue weighted by atomic mass is 32.2. The van der Waals surface area contributed by atoms with E-state index in [1.165, 1.54) is 15.6 Å². The Hall–Kier alpha value is -2.20. The van der Waals surface area contributed by atoms with Gasteiger partial charge in [-0.15, -0.1) is 11.3 Å². The van der Waals surface area contributed by atoms with Gasteiger partial charge in [0.25, 0.3) is 10.0 Å². The maximum Gasteiger partial charge on any atom is 0.252 e. The monoisotopic (exact) mass is 434 g/mol. The second-order valence-corrected chi connectivity index (χ2v) is 10.3. The van der Waals surface area contributed by atoms with Crippen LogP contribution in [-0.4, -0.2) is 44.9 Å². The quantitative estimate of drug-likeness (QED) is 0.644. The van der Waals surface area contributed by atoms with Gasteiger partial charge in [-0.3, -0.25) is 4.79 Å². The number of carbonyl (C=O) groups excluding carboxylic acids is 1. The van der Waals surface area contributed by atoms with Gasteiger partial charge in [-0.05, 0) is 30.7 Å². The van der Waals surface area contributed by atoms with Gasteiger partial charge in [0.15, 0.2) is 0 Å². The molecule has 4 rings (SSSR count). The van der Waals surface area contributed by atoms with Crippen LogP contribution in [0.5, 0.6) is 0 Å². The van der Waals surface area contributed by atoms with E-state index in [0.717, 1.165) is 27.0 Å². The van der Waals surface area contributed by atoms with Crippen LogP contribution in [0.2, 0.25) is 0 Å². The van der Waals surface area contributed by atoms with Crippen molar-refractivity contribution in [3.8, 4) is 0 Å². The molecule has 3 heterocycles. The smallest absolute Gasteiger partial charge is 0.252 e. The van der Waals surface area contributed by atoms with Gasteiger partial charge in [0.05, 0.1) is 32.4 Å². The number of morpholine rings is 1. The zero-order valence-corrected chi connectivity index (χ0v) is 17.6. The van der Waals surface area contributed by atoms with Gasteiger partial charge in [0.2, 0.25) is 5.91 Å². The van der Waals surface area contributed by atoms with Gasteiger partial charge < -0.3 is 14.5 Å². The molecule has 1 aliphatic rings. The molecule has 0 atom stereocenters. The normalized spacial score (nSPS) is 15.6. The fourth-order valence-electron chi connectivity index (χ4n) is 3.25. The number of hydrogen-bond acceptors (Lipinski definition) is 6. The lowest BCUT2D eigenvalue weighted by atomic mass is 10.1. The minimum atomic E-state index is -3.50. The molecule has 1 aromatic carbocycles. The highest BCUT2D eigenvalue weighted by Gasteiger charge is 2.27. The van der Waals surface area contributed by atoms with Gasteiger partial charge in [-0.25, -0.2) is 8.42 Å². The zero-order chi connectivity index (χ0) is 20.4. The van der Waals surface area contributed by atoms with E-state index in [9.17, 15) is 13.2 Å². The number of thiophene rings is 1. The third-order valence-electron chi connectivity index (χ3n) is 4.82. The average Bonchev–Trinajstić information content (AvgIpc) is 3.35. The summed E-state index contributed by atoms with van der Waals surface area (Å²) in [5.41, 5.74) is 2.70. The first-order valence-corrected chi connectivity index (χ1v) is 11.6. The molecule has 1 N–H and O–H groups in total. The number of nitrogens with zero attached hydrogens (tertiary/aromatic N) is 1. The number of carbonyl (C=O) groups is 1. The van der Waals surface area contributed by atoms with E-state index in [-0.39, 0.29) is 18.9 Å². The second kappa shape index (κ2) is 8.27. The average molecular weight is 435 g/mol. The molecule has 29 heavy (non-hydrogen) atoms. The second-order valence-electron chi connectivity index (χ2n) is 6.95. The third kappa shape index (κ3) is 4.37. The molecule has 9 heteroatoms. The maximum absolute atomic E-state index is 12.7. The molecule has 1 aliphatic heterocycles. The van der Waals surface area contributed by atoms with E-state index in [1.807, 2.05) is 25.1 Å². The summed E-state index contributed by atoms with van der Waals surface area (Å²) >= 11 is 1.18. The summed E-state index contributed by atoms with van der Waals surface area (Å²) in [6.45, 7) is 3.83. The summed E-state index contributed by atoms with van der Waals surface area (Å²) in [6.07, 6.45) is 1.82. The van der Waals surface area contributed by atoms with Crippen molar-refractivity contribution in [1.82, 2.24) is 9.62 Å². The molecular formula is C20H22N2O5S2. The van der Waals surface area contributed by atoms with Gasteiger partial charge in [0.1, 0.15) is 9.79 Å². The molecule has 0 spiro atoms. The van der Waals surface area contributed by atoms with Crippen molar-refractivity contribution < 1.29 is 22.4 Å². The zero-order valence-electron chi connectivity index (χ0n) is 16.0. The Morgan fingerprint density at radius 2 is 2.00 bits per heavy atom. The highest BCUT2D eigenvalue weighted by molar-refractivity contribution is 7.91. The fraction of sp³-hybridized carbons (Fsp3) is 0.350. The lowest BCUT2D eigenvalue weighted by molar-refractivity contribution is -0.120. The number of furan rings is 1. The summed E-state index contributed by atoms with van der Waals surface area (Å²) in [7, 11) is -3.50. The molecule has 0 saturated carbocycles. The van der Waals surface area contributed by atoms with Crippen LogP contribution in [0.1, 0.15) is 16.0 Å². The molecule has 1 saturated heterocycles. The SMILES string of the molecule is Cc1ccc2c(CC(=O)NCc3ccc(S(=O)(=O)N4CCOCC4)s3)coc2c1. The lowest BCUT2D eigenvalue weighted by Crippen LogP contribution is -2.40. The highest BCUT2D eigenvalue weighted by Crippen LogP contribution is 2.26. The number of nitrogens with one attached hydrogen (secondary N) is 1. The Balaban J connectivity index is 1.37. The van der Waals surface area contributed by atoms with E-state index in [2.05, 4.69) is 5.32 Å². The predicted octanol–water partition coefficient (Wildman–Crippen LogP) is 2.68. The van der Waals surface area contributed by atoms with Crippen LogP contribution in [0.4, 0.5) is 0 Å². The molecule has 3 aromatic rings. The molecule has 1 amide bonds. The molecule has 0 bridgehead atoms. The largest absolute Gasteiger partial charge is 0.464 e. The fourth-order valence-corrected chi connectivity index (χ4v) is 6.11. The maximum atomic E-state index is 12.7. The summed E-state index contributed by atoms with van der Waals surface area (Å²) < 4.78 is 37.8. The predicted molar refractivity (Wildman–Crippen MR) is 110 cm³/mol. The summed E-state index contributed by atoms with van der Waals surface area (Å²) in [5, 5.41) is 3.79. The third-order valence-corrected chi connectivity index (χ3v) is 8.27. The van der Waals surface area contributed by atoms with Crippen molar-refractivity contribution in [2.24, 2.45) is 0 Å². The van der Waals surface area contributed by atoms with Gasteiger partial charge in [-0.2, -0.15) is 4.31 Å². The van der Waals surface area contributed by atoms with Crippen LogP contribution in [-0.2, 0) is 32.5 Å². The molecule has 154 valence electrons. The Morgan fingerprint density at radius 3 is 2.79 bits per heavy atom. The molecule has 1 fully saturated rings. The number of aryl methyl sites for hydroxylation is 1. The molecule has 2 aromatic heterocycles. The van der Waals surface area contributed by atoms with Gasteiger partial charge in [0, 0.05) is 28.9 Å². The van der Waals surface area contributed by atoms with Crippen LogP contribution in [0, 0.1) is 6.92 Å². The number of ether oxygens (including phenoxy) is 1. The Bertz CT molecular complexity index is 1130. The van der Waals surface area contributed by atoms with Crippen molar-refractivity contribution in [3.05, 3.63) is 52.6 Å². The standard InChI is InChI=1S/C20H22N2O5S2/c1-14-2-4-17-15(13-27-18(17)10-14)11-19(23)21-12-16-3-5-20(28-16)29(24,25)22-6-8-26-9-7-22/h2-5,10,13H,6-9,11-12H2,1H3,(H,21,23). The van der Waals surface area contributed by atoms with E-state index in [4.69, 9.17) is 9.15 Å². The minimum absolute atomic E-state index is 0.140. The van der Waals surface area contributed by atoms with Gasteiger partial charge >= 0.3 is 0 Å². The number of sulfonamides is 1. The number of benzene rings is 1. The summed E-state index contributed by atoms with van der Waals surface area (Å²) in [6, 6.07) is 9.23. The number of amides is 1. The summed E-state index contributed by atoms with van der Waals surface area (Å²) in [5.74, 6) is -0.140. The van der Waals surface area contributed by atoms with Crippen molar-refractivity contribution >= 4 is 38.2 Å². The van der Waals surface area contributed by atoms with Crippen LogP contribution >= 0.6 is 11.3 Å². The molecule has 0 radical (unpaired) electrons. The first kappa shape index (κ1) is 20.1. The Kier molecular flexibility index (Phi) is 5.73. The van der Waals surface area contributed by atoms with Gasteiger partial charge in [-0.1, -0.05) is 12.1 Å².